The Hall–Kier alpha value is -2.56. The zero-order chi connectivity index (χ0) is 12.5. The predicted molar refractivity (Wildman–Crippen MR) is 65.7 cm³/mol. The van der Waals surface area contributed by atoms with Crippen LogP contribution in [0.15, 0.2) is 48.9 Å². The standard InChI is InChI=1S/C13H11N3O2/c17-13(18)11-8-14-16-7-6-15(12(11)16)9-10-4-2-1-3-5-10/h1-8H,9H2,(H,17,18). The molecule has 5 nitrogen and oxygen atoms in total. The second-order valence-electron chi connectivity index (χ2n) is 4.04. The van der Waals surface area contributed by atoms with E-state index in [0.717, 1.165) is 5.56 Å². The van der Waals surface area contributed by atoms with Crippen molar-refractivity contribution in [1.82, 2.24) is 14.2 Å². The van der Waals surface area contributed by atoms with Gasteiger partial charge in [-0.1, -0.05) is 30.3 Å². The van der Waals surface area contributed by atoms with Crippen LogP contribution in [0.2, 0.25) is 0 Å². The van der Waals surface area contributed by atoms with E-state index in [4.69, 9.17) is 5.11 Å². The maximum Gasteiger partial charge on any atom is 0.341 e. The van der Waals surface area contributed by atoms with Crippen molar-refractivity contribution in [2.75, 3.05) is 0 Å². The van der Waals surface area contributed by atoms with Gasteiger partial charge in [0.05, 0.1) is 6.20 Å². The molecule has 0 atom stereocenters. The van der Waals surface area contributed by atoms with Crippen molar-refractivity contribution in [1.29, 1.82) is 0 Å². The van der Waals surface area contributed by atoms with Crippen LogP contribution < -0.4 is 0 Å². The number of carbonyl (C=O) groups is 1. The van der Waals surface area contributed by atoms with Crippen LogP contribution in [0.5, 0.6) is 0 Å². The van der Waals surface area contributed by atoms with E-state index in [0.29, 0.717) is 12.2 Å². The number of aromatic carboxylic acids is 1. The molecule has 0 aliphatic heterocycles. The summed E-state index contributed by atoms with van der Waals surface area (Å²) in [6, 6.07) is 9.89. The third kappa shape index (κ3) is 1.66. The van der Waals surface area contributed by atoms with E-state index in [9.17, 15) is 4.79 Å². The Morgan fingerprint density at radius 3 is 2.72 bits per heavy atom. The predicted octanol–water partition coefficient (Wildman–Crippen LogP) is 1.88. The van der Waals surface area contributed by atoms with Crippen LogP contribution in [-0.2, 0) is 6.54 Å². The number of hydrogen-bond donors (Lipinski definition) is 1. The van der Waals surface area contributed by atoms with Gasteiger partial charge < -0.3 is 9.67 Å². The van der Waals surface area contributed by atoms with Crippen molar-refractivity contribution in [2.24, 2.45) is 0 Å². The van der Waals surface area contributed by atoms with Crippen LogP contribution in [-0.4, -0.2) is 25.3 Å². The smallest absolute Gasteiger partial charge is 0.341 e. The minimum Gasteiger partial charge on any atom is -0.477 e. The number of aromatic nitrogens is 3. The molecule has 18 heavy (non-hydrogen) atoms. The Kier molecular flexibility index (Phi) is 2.37. The summed E-state index contributed by atoms with van der Waals surface area (Å²) in [7, 11) is 0. The third-order valence-corrected chi connectivity index (χ3v) is 2.86. The molecule has 1 aromatic carbocycles. The fraction of sp³-hybridized carbons (Fsp3) is 0.0769. The Balaban J connectivity index is 2.07. The van der Waals surface area contributed by atoms with Gasteiger partial charge in [0, 0.05) is 18.9 Å². The van der Waals surface area contributed by atoms with E-state index in [1.54, 1.807) is 10.7 Å². The maximum absolute atomic E-state index is 11.1. The van der Waals surface area contributed by atoms with Crippen molar-refractivity contribution >= 4 is 11.6 Å². The summed E-state index contributed by atoms with van der Waals surface area (Å²) in [6.45, 7) is 0.628. The van der Waals surface area contributed by atoms with Gasteiger partial charge in [-0.05, 0) is 5.56 Å². The number of fused-ring (bicyclic) bond motifs is 1. The molecule has 3 aromatic rings. The number of carboxylic acids is 1. The van der Waals surface area contributed by atoms with Crippen molar-refractivity contribution in [3.05, 3.63) is 60.0 Å². The van der Waals surface area contributed by atoms with E-state index < -0.39 is 5.97 Å². The largest absolute Gasteiger partial charge is 0.477 e. The van der Waals surface area contributed by atoms with Crippen molar-refractivity contribution in [2.45, 2.75) is 6.54 Å². The summed E-state index contributed by atoms with van der Waals surface area (Å²) in [4.78, 5) is 11.1. The molecule has 90 valence electrons. The van der Waals surface area contributed by atoms with Gasteiger partial charge in [0.15, 0.2) is 5.65 Å². The fourth-order valence-electron chi connectivity index (χ4n) is 2.02. The number of carboxylic acid groups (broad SMARTS) is 1. The van der Waals surface area contributed by atoms with Crippen LogP contribution in [0.4, 0.5) is 0 Å². The van der Waals surface area contributed by atoms with Gasteiger partial charge in [-0.2, -0.15) is 5.10 Å². The summed E-state index contributed by atoms with van der Waals surface area (Å²) in [5.74, 6) is -0.960. The van der Waals surface area contributed by atoms with Crippen molar-refractivity contribution in [3.63, 3.8) is 0 Å². The average molecular weight is 241 g/mol. The molecule has 3 rings (SSSR count). The summed E-state index contributed by atoms with van der Waals surface area (Å²) in [5, 5.41) is 13.1. The molecule has 0 saturated heterocycles. The normalized spacial score (nSPS) is 10.9. The molecule has 0 unspecified atom stereocenters. The molecule has 5 heteroatoms. The minimum atomic E-state index is -0.960. The molecule has 0 saturated carbocycles. The first-order chi connectivity index (χ1) is 8.75. The van der Waals surface area contributed by atoms with E-state index >= 15 is 0 Å². The van der Waals surface area contributed by atoms with Crippen molar-refractivity contribution in [3.8, 4) is 0 Å². The van der Waals surface area contributed by atoms with Crippen LogP contribution in [0.3, 0.4) is 0 Å². The molecule has 0 radical (unpaired) electrons. The van der Waals surface area contributed by atoms with Gasteiger partial charge in [-0.3, -0.25) is 0 Å². The molecule has 2 heterocycles. The molecule has 0 aliphatic carbocycles. The highest BCUT2D eigenvalue weighted by Gasteiger charge is 2.14. The summed E-state index contributed by atoms with van der Waals surface area (Å²) < 4.78 is 3.46. The summed E-state index contributed by atoms with van der Waals surface area (Å²) in [6.07, 6.45) is 4.96. The Morgan fingerprint density at radius 1 is 1.22 bits per heavy atom. The topological polar surface area (TPSA) is 59.5 Å². The highest BCUT2D eigenvalue weighted by Crippen LogP contribution is 2.14. The van der Waals surface area contributed by atoms with Crippen LogP contribution >= 0.6 is 0 Å². The first kappa shape index (κ1) is 10.6. The molecular weight excluding hydrogens is 230 g/mol. The molecule has 0 fully saturated rings. The average Bonchev–Trinajstić information content (AvgIpc) is 2.93. The number of nitrogens with zero attached hydrogens (tertiary/aromatic N) is 3. The van der Waals surface area contributed by atoms with Gasteiger partial charge in [0.2, 0.25) is 0 Å². The quantitative estimate of drug-likeness (QED) is 0.761. The monoisotopic (exact) mass is 241 g/mol. The zero-order valence-electron chi connectivity index (χ0n) is 9.52. The second kappa shape index (κ2) is 4.03. The molecule has 0 aliphatic rings. The van der Waals surface area contributed by atoms with E-state index in [-0.39, 0.29) is 5.56 Å². The molecule has 2 aromatic heterocycles. The van der Waals surface area contributed by atoms with E-state index in [1.807, 2.05) is 41.1 Å². The molecule has 0 spiro atoms. The Morgan fingerprint density at radius 2 is 2.00 bits per heavy atom. The highest BCUT2D eigenvalue weighted by atomic mass is 16.4. The SMILES string of the molecule is O=C(O)c1cnn2ccn(Cc3ccccc3)c12. The molecular formula is C13H11N3O2. The van der Waals surface area contributed by atoms with Crippen molar-refractivity contribution < 1.29 is 9.90 Å². The van der Waals surface area contributed by atoms with Crippen LogP contribution in [0.1, 0.15) is 15.9 Å². The lowest BCUT2D eigenvalue weighted by Crippen LogP contribution is -2.03. The molecule has 0 bridgehead atoms. The highest BCUT2D eigenvalue weighted by molar-refractivity contribution is 5.94. The second-order valence-corrected chi connectivity index (χ2v) is 4.04. The number of benzene rings is 1. The molecule has 1 N–H and O–H groups in total. The maximum atomic E-state index is 11.1. The first-order valence-electron chi connectivity index (χ1n) is 5.55. The first-order valence-corrected chi connectivity index (χ1v) is 5.55. The van der Waals surface area contributed by atoms with Gasteiger partial charge in [0.25, 0.3) is 0 Å². The van der Waals surface area contributed by atoms with Gasteiger partial charge in [0.1, 0.15) is 5.56 Å². The zero-order valence-corrected chi connectivity index (χ0v) is 9.52. The molecule has 0 amide bonds. The lowest BCUT2D eigenvalue weighted by molar-refractivity contribution is 0.0698. The lowest BCUT2D eigenvalue weighted by atomic mass is 10.2. The van der Waals surface area contributed by atoms with Crippen LogP contribution in [0, 0.1) is 0 Å². The lowest BCUT2D eigenvalue weighted by Gasteiger charge is -2.04. The van der Waals surface area contributed by atoms with Gasteiger partial charge in [-0.15, -0.1) is 0 Å². The minimum absolute atomic E-state index is 0.218. The number of imidazole rings is 1. The van der Waals surface area contributed by atoms with Crippen LogP contribution in [0.25, 0.3) is 5.65 Å². The summed E-state index contributed by atoms with van der Waals surface area (Å²) >= 11 is 0. The number of rotatable bonds is 3. The van der Waals surface area contributed by atoms with Gasteiger partial charge in [-0.25, -0.2) is 9.31 Å². The Labute approximate surface area is 103 Å². The Bertz CT molecular complexity index is 697. The third-order valence-electron chi connectivity index (χ3n) is 2.86. The fourth-order valence-corrected chi connectivity index (χ4v) is 2.02. The summed E-state index contributed by atoms with van der Waals surface area (Å²) in [5.41, 5.74) is 1.94. The van der Waals surface area contributed by atoms with E-state index in [2.05, 4.69) is 5.10 Å². The van der Waals surface area contributed by atoms with Gasteiger partial charge >= 0.3 is 5.97 Å². The van der Waals surface area contributed by atoms with E-state index in [1.165, 1.54) is 6.20 Å². The number of hydrogen-bond acceptors (Lipinski definition) is 2.